The Labute approximate surface area is 447 Å². The van der Waals surface area contributed by atoms with Crippen molar-refractivity contribution in [2.24, 2.45) is 0 Å². The van der Waals surface area contributed by atoms with Crippen molar-refractivity contribution >= 4 is 13.7 Å². The normalized spacial score (nSPS) is 14.3. The van der Waals surface area contributed by atoms with Crippen molar-refractivity contribution in [1.82, 2.24) is 5.32 Å². The molecule has 9 heteroatoms. The molecule has 0 bridgehead atoms. The summed E-state index contributed by atoms with van der Waals surface area (Å²) in [4.78, 5) is 25.5. The summed E-state index contributed by atoms with van der Waals surface area (Å²) in [5.74, 6) is -0.213. The summed E-state index contributed by atoms with van der Waals surface area (Å²) in [5, 5.41) is 13.9. The first-order chi connectivity index (χ1) is 35.0. The average molecular weight is 1030 g/mol. The highest BCUT2D eigenvalue weighted by molar-refractivity contribution is 7.45. The molecule has 1 amide bonds. The van der Waals surface area contributed by atoms with Crippen molar-refractivity contribution < 1.29 is 32.9 Å². The highest BCUT2D eigenvalue weighted by Crippen LogP contribution is 2.38. The highest BCUT2D eigenvalue weighted by Gasteiger charge is 2.23. The number of phosphoric ester groups is 1. The van der Waals surface area contributed by atoms with Crippen molar-refractivity contribution in [1.29, 1.82) is 0 Å². The molecule has 3 unspecified atom stereocenters. The number of nitrogens with zero attached hydrogens (tertiary/aromatic N) is 1. The second kappa shape index (κ2) is 54.0. The Morgan fingerprint density at radius 2 is 0.819 bits per heavy atom. The van der Waals surface area contributed by atoms with Crippen LogP contribution in [0, 0.1) is 0 Å². The Morgan fingerprint density at radius 1 is 0.486 bits per heavy atom. The number of amides is 1. The van der Waals surface area contributed by atoms with Crippen LogP contribution in [0.15, 0.2) is 60.8 Å². The minimum absolute atomic E-state index is 0.00970. The van der Waals surface area contributed by atoms with E-state index in [1.54, 1.807) is 6.08 Å². The first kappa shape index (κ1) is 70.2. The molecule has 2 N–H and O–H groups in total. The number of aliphatic hydroxyl groups is 1. The van der Waals surface area contributed by atoms with Crippen molar-refractivity contribution in [2.45, 2.75) is 296 Å². The maximum Gasteiger partial charge on any atom is 0.268 e. The number of carbonyl (C=O) groups excluding carboxylic acids is 1. The van der Waals surface area contributed by atoms with Gasteiger partial charge in [0.15, 0.2) is 0 Å². The topological polar surface area (TPSA) is 108 Å². The smallest absolute Gasteiger partial charge is 0.268 e. The van der Waals surface area contributed by atoms with Gasteiger partial charge < -0.3 is 28.8 Å². The van der Waals surface area contributed by atoms with Gasteiger partial charge in [0, 0.05) is 6.42 Å². The van der Waals surface area contributed by atoms with Gasteiger partial charge in [0.25, 0.3) is 7.82 Å². The zero-order chi connectivity index (χ0) is 52.7. The first-order valence-corrected chi connectivity index (χ1v) is 32.1. The van der Waals surface area contributed by atoms with Gasteiger partial charge in [0.2, 0.25) is 5.91 Å². The third-order valence-corrected chi connectivity index (χ3v) is 14.7. The number of carbonyl (C=O) groups is 1. The second-order valence-corrected chi connectivity index (χ2v) is 23.5. The van der Waals surface area contributed by atoms with Crippen LogP contribution in [0.2, 0.25) is 0 Å². The van der Waals surface area contributed by atoms with E-state index in [-0.39, 0.29) is 12.5 Å². The molecule has 0 aliphatic heterocycles. The van der Waals surface area contributed by atoms with Gasteiger partial charge >= 0.3 is 0 Å². The molecule has 0 fully saturated rings. The van der Waals surface area contributed by atoms with E-state index in [1.165, 1.54) is 199 Å². The molecule has 3 atom stereocenters. The molecule has 0 saturated heterocycles. The number of nitrogens with one attached hydrogen (secondary N) is 1. The lowest BCUT2D eigenvalue weighted by atomic mass is 10.0. The number of likely N-dealkylation sites (N-methyl/N-ethyl adjacent to an activating group) is 1. The third kappa shape index (κ3) is 55.9. The van der Waals surface area contributed by atoms with Crippen LogP contribution < -0.4 is 10.2 Å². The maximum atomic E-state index is 13.0. The predicted molar refractivity (Wildman–Crippen MR) is 311 cm³/mol. The van der Waals surface area contributed by atoms with Gasteiger partial charge in [-0.2, -0.15) is 0 Å². The monoisotopic (exact) mass is 1030 g/mol. The molecule has 0 radical (unpaired) electrons. The number of phosphoric acid groups is 1. The molecule has 0 aliphatic carbocycles. The number of aliphatic hydroxyl groups excluding tert-OH is 1. The lowest BCUT2D eigenvalue weighted by Gasteiger charge is -2.29. The number of quaternary nitrogens is 1. The number of hydrogen-bond acceptors (Lipinski definition) is 6. The highest BCUT2D eigenvalue weighted by atomic mass is 31.2. The molecule has 0 rings (SSSR count). The van der Waals surface area contributed by atoms with Crippen LogP contribution in [0.25, 0.3) is 0 Å². The molecule has 8 nitrogen and oxygen atoms in total. The van der Waals surface area contributed by atoms with E-state index in [2.05, 4.69) is 67.8 Å². The lowest BCUT2D eigenvalue weighted by Crippen LogP contribution is -2.45. The first-order valence-electron chi connectivity index (χ1n) is 30.7. The maximum absolute atomic E-state index is 13.0. The fourth-order valence-corrected chi connectivity index (χ4v) is 9.61. The molecule has 0 aromatic rings. The zero-order valence-corrected chi connectivity index (χ0v) is 49.0. The quantitative estimate of drug-likeness (QED) is 0.0272. The summed E-state index contributed by atoms with van der Waals surface area (Å²) in [7, 11) is 1.24. The Balaban J connectivity index is 4.24. The van der Waals surface area contributed by atoms with E-state index in [4.69, 9.17) is 9.05 Å². The zero-order valence-electron chi connectivity index (χ0n) is 48.1. The fourth-order valence-electron chi connectivity index (χ4n) is 8.88. The molecular formula is C63H119N2O6P. The molecule has 0 heterocycles. The summed E-state index contributed by atoms with van der Waals surface area (Å²) in [5.41, 5.74) is 0. The van der Waals surface area contributed by atoms with Crippen LogP contribution in [-0.2, 0) is 18.4 Å². The Kier molecular flexibility index (Phi) is 52.7. The third-order valence-electron chi connectivity index (χ3n) is 13.7. The SMILES string of the molecule is CCCCCCC/C=C\C/C=C\C/C=C\CCCCCCCCCCC(=O)NC(COP(=O)([O-])OCC[N+](C)(C)C)C(O)/C=C/CC/C=C/CCCCCCCCCCCCCCCCCCCCCCC. The largest absolute Gasteiger partial charge is 0.756 e. The van der Waals surface area contributed by atoms with Gasteiger partial charge in [0.05, 0.1) is 39.9 Å². The van der Waals surface area contributed by atoms with Crippen molar-refractivity contribution in [2.75, 3.05) is 40.9 Å². The Morgan fingerprint density at radius 3 is 1.22 bits per heavy atom. The van der Waals surface area contributed by atoms with Crippen LogP contribution in [0.5, 0.6) is 0 Å². The number of allylic oxidation sites excluding steroid dienone is 9. The fraction of sp³-hybridized carbons (Fsp3) is 0.825. The van der Waals surface area contributed by atoms with Crippen LogP contribution in [-0.4, -0.2) is 68.5 Å². The Bertz CT molecular complexity index is 1360. The Hall–Kier alpha value is -1.80. The lowest BCUT2D eigenvalue weighted by molar-refractivity contribution is -0.870. The summed E-state index contributed by atoms with van der Waals surface area (Å²) in [6.45, 7) is 4.64. The van der Waals surface area contributed by atoms with Crippen LogP contribution >= 0.6 is 7.82 Å². The van der Waals surface area contributed by atoms with Gasteiger partial charge in [-0.3, -0.25) is 9.36 Å². The molecular weight excluding hydrogens is 912 g/mol. The summed E-state index contributed by atoms with van der Waals surface area (Å²) in [6, 6.07) is -0.911. The van der Waals surface area contributed by atoms with Gasteiger partial charge in [-0.15, -0.1) is 0 Å². The van der Waals surface area contributed by atoms with Crippen molar-refractivity contribution in [3.05, 3.63) is 60.8 Å². The average Bonchev–Trinajstić information content (AvgIpc) is 3.34. The van der Waals surface area contributed by atoms with Crippen LogP contribution in [0.1, 0.15) is 284 Å². The van der Waals surface area contributed by atoms with E-state index in [9.17, 15) is 19.4 Å². The molecule has 0 aromatic heterocycles. The molecule has 422 valence electrons. The van der Waals surface area contributed by atoms with E-state index in [0.29, 0.717) is 17.4 Å². The van der Waals surface area contributed by atoms with Crippen LogP contribution in [0.3, 0.4) is 0 Å². The number of rotatable bonds is 56. The van der Waals surface area contributed by atoms with E-state index in [0.717, 1.165) is 64.2 Å². The van der Waals surface area contributed by atoms with Gasteiger partial charge in [-0.1, -0.05) is 267 Å². The van der Waals surface area contributed by atoms with Gasteiger partial charge in [-0.25, -0.2) is 0 Å². The van der Waals surface area contributed by atoms with E-state index in [1.807, 2.05) is 27.2 Å². The molecule has 0 aromatic carbocycles. The van der Waals surface area contributed by atoms with Crippen LogP contribution in [0.4, 0.5) is 0 Å². The minimum atomic E-state index is -4.61. The predicted octanol–water partition coefficient (Wildman–Crippen LogP) is 18.2. The van der Waals surface area contributed by atoms with E-state index >= 15 is 0 Å². The van der Waals surface area contributed by atoms with Crippen molar-refractivity contribution in [3.8, 4) is 0 Å². The summed E-state index contributed by atoms with van der Waals surface area (Å²) >= 11 is 0. The van der Waals surface area contributed by atoms with E-state index < -0.39 is 26.6 Å². The summed E-state index contributed by atoms with van der Waals surface area (Å²) < 4.78 is 23.4. The summed E-state index contributed by atoms with van der Waals surface area (Å²) in [6.07, 6.45) is 73.1. The number of unbranched alkanes of at least 4 members (excludes halogenated alkanes) is 35. The second-order valence-electron chi connectivity index (χ2n) is 22.0. The molecule has 0 saturated carbocycles. The van der Waals surface area contributed by atoms with Gasteiger partial charge in [-0.05, 0) is 70.6 Å². The van der Waals surface area contributed by atoms with Gasteiger partial charge in [0.1, 0.15) is 13.2 Å². The van der Waals surface area contributed by atoms with Crippen molar-refractivity contribution in [3.63, 3.8) is 0 Å². The minimum Gasteiger partial charge on any atom is -0.756 e. The molecule has 0 spiro atoms. The molecule has 72 heavy (non-hydrogen) atoms. The molecule has 0 aliphatic rings. The number of hydrogen-bond donors (Lipinski definition) is 2. The standard InChI is InChI=1S/C63H119N2O6P/c1-6-8-10-12-14-16-18-20-22-24-26-28-30-31-32-33-35-36-38-40-42-44-46-48-50-52-54-56-62(66)61(60-71-72(68,69)70-59-58-65(3,4)5)64-63(67)57-55-53-51-49-47-45-43-41-39-37-34-29-27-25-23-21-19-17-15-13-11-9-7-2/h19,21,25,27,34,37,46,48,54,56,61-62,66H,6-18,20,22-24,26,28-33,35-36,38-45,47,49-53,55,57-60H2,1-5H3,(H-,64,67,68,69)/b21-19-,27-25-,37-34-,48-46+,56-54+.